The minimum atomic E-state index is -0.0438. The third-order valence-corrected chi connectivity index (χ3v) is 4.18. The van der Waals surface area contributed by atoms with E-state index >= 15 is 0 Å². The Bertz CT molecular complexity index is 431. The molecule has 0 radical (unpaired) electrons. The molecule has 96 valence electrons. The number of cyclic esters (lactones) is 1. The quantitative estimate of drug-likeness (QED) is 0.711. The molecule has 3 atom stereocenters. The number of carbonyl (C=O) groups excluding carboxylic acids is 1. The van der Waals surface area contributed by atoms with Crippen molar-refractivity contribution < 1.29 is 9.53 Å². The molecule has 0 aromatic heterocycles. The normalized spacial score (nSPS) is 32.7. The molecule has 2 heterocycles. The number of ether oxygens (including phenoxy) is 1. The Kier molecular flexibility index (Phi) is 3.08. The second-order valence-corrected chi connectivity index (χ2v) is 5.36. The molecule has 0 amide bonds. The lowest BCUT2D eigenvalue weighted by atomic mass is 9.87. The molecule has 1 aromatic carbocycles. The van der Waals surface area contributed by atoms with Gasteiger partial charge in [0.1, 0.15) is 12.6 Å². The van der Waals surface area contributed by atoms with E-state index in [1.807, 2.05) is 18.2 Å². The number of nitrogens with zero attached hydrogens (tertiary/aromatic N) is 1. The molecule has 3 heteroatoms. The second kappa shape index (κ2) is 4.73. The van der Waals surface area contributed by atoms with E-state index in [0.717, 1.165) is 13.0 Å². The molecule has 3 nitrogen and oxygen atoms in total. The van der Waals surface area contributed by atoms with Crippen LogP contribution in [0, 0.1) is 5.92 Å². The first-order chi connectivity index (χ1) is 8.77. The van der Waals surface area contributed by atoms with Crippen LogP contribution in [-0.4, -0.2) is 30.1 Å². The van der Waals surface area contributed by atoms with Crippen LogP contribution in [-0.2, 0) is 9.53 Å². The molecular formula is C15H19NO2. The highest BCUT2D eigenvalue weighted by Crippen LogP contribution is 2.35. The Morgan fingerprint density at radius 3 is 2.83 bits per heavy atom. The number of carbonyl (C=O) groups is 1. The zero-order valence-corrected chi connectivity index (χ0v) is 10.7. The lowest BCUT2D eigenvalue weighted by molar-refractivity contribution is -0.169. The van der Waals surface area contributed by atoms with Crippen LogP contribution in [0.15, 0.2) is 30.3 Å². The minimum absolute atomic E-state index is 0.0330. The standard InChI is InChI=1S/C15H19NO2/c1-11-6-5-9-16-13(10-18-15(17)14(11)16)12-7-3-2-4-8-12/h2-4,7-8,11,13-14H,5-6,9-10H2,1H3/t11-,13+,14+/m1/s1. The van der Waals surface area contributed by atoms with Gasteiger partial charge < -0.3 is 4.74 Å². The molecule has 2 saturated heterocycles. The molecule has 2 aliphatic heterocycles. The summed E-state index contributed by atoms with van der Waals surface area (Å²) in [7, 11) is 0. The Balaban J connectivity index is 1.90. The number of rotatable bonds is 1. The summed E-state index contributed by atoms with van der Waals surface area (Å²) in [4.78, 5) is 14.3. The van der Waals surface area contributed by atoms with Crippen molar-refractivity contribution in [3.63, 3.8) is 0 Å². The van der Waals surface area contributed by atoms with E-state index in [0.29, 0.717) is 12.5 Å². The first-order valence-electron chi connectivity index (χ1n) is 6.74. The summed E-state index contributed by atoms with van der Waals surface area (Å²) in [6.07, 6.45) is 2.30. The van der Waals surface area contributed by atoms with Crippen LogP contribution in [0.1, 0.15) is 31.4 Å². The summed E-state index contributed by atoms with van der Waals surface area (Å²) in [6, 6.07) is 10.6. The molecular weight excluding hydrogens is 226 g/mol. The lowest BCUT2D eigenvalue weighted by Crippen LogP contribution is -2.55. The van der Waals surface area contributed by atoms with Crippen LogP contribution >= 0.6 is 0 Å². The molecule has 0 saturated carbocycles. The van der Waals surface area contributed by atoms with E-state index in [1.54, 1.807) is 0 Å². The van der Waals surface area contributed by atoms with Gasteiger partial charge >= 0.3 is 5.97 Å². The number of hydrogen-bond acceptors (Lipinski definition) is 3. The molecule has 2 fully saturated rings. The van der Waals surface area contributed by atoms with Crippen molar-refractivity contribution in [3.05, 3.63) is 35.9 Å². The average Bonchev–Trinajstić information content (AvgIpc) is 2.40. The Labute approximate surface area is 108 Å². The van der Waals surface area contributed by atoms with Crippen molar-refractivity contribution in [2.75, 3.05) is 13.2 Å². The van der Waals surface area contributed by atoms with Gasteiger partial charge in [0, 0.05) is 0 Å². The summed E-state index contributed by atoms with van der Waals surface area (Å²) in [6.45, 7) is 3.65. The maximum atomic E-state index is 12.0. The highest BCUT2D eigenvalue weighted by molar-refractivity contribution is 5.77. The SMILES string of the molecule is C[C@@H]1CCCN2[C@@H]1C(=O)OC[C@H]2c1ccccc1. The van der Waals surface area contributed by atoms with Gasteiger partial charge in [-0.2, -0.15) is 0 Å². The highest BCUT2D eigenvalue weighted by atomic mass is 16.5. The summed E-state index contributed by atoms with van der Waals surface area (Å²) in [5.74, 6) is 0.368. The van der Waals surface area contributed by atoms with Gasteiger partial charge in [0.2, 0.25) is 0 Å². The zero-order chi connectivity index (χ0) is 12.5. The number of fused-ring (bicyclic) bond motifs is 1. The van der Waals surface area contributed by atoms with Crippen molar-refractivity contribution in [3.8, 4) is 0 Å². The lowest BCUT2D eigenvalue weighted by Gasteiger charge is -2.46. The maximum Gasteiger partial charge on any atom is 0.323 e. The van der Waals surface area contributed by atoms with Crippen molar-refractivity contribution in [2.45, 2.75) is 31.8 Å². The van der Waals surface area contributed by atoms with Gasteiger partial charge in [-0.1, -0.05) is 37.3 Å². The summed E-state index contributed by atoms with van der Waals surface area (Å²) in [5.41, 5.74) is 1.25. The van der Waals surface area contributed by atoms with Crippen molar-refractivity contribution in [2.24, 2.45) is 5.92 Å². The predicted molar refractivity (Wildman–Crippen MR) is 69.0 cm³/mol. The van der Waals surface area contributed by atoms with E-state index < -0.39 is 0 Å². The van der Waals surface area contributed by atoms with Gasteiger partial charge in [-0.3, -0.25) is 9.69 Å². The number of piperidine rings is 1. The molecule has 0 bridgehead atoms. The number of hydrogen-bond donors (Lipinski definition) is 0. The zero-order valence-electron chi connectivity index (χ0n) is 10.7. The van der Waals surface area contributed by atoms with Crippen LogP contribution < -0.4 is 0 Å². The third-order valence-electron chi connectivity index (χ3n) is 4.18. The Morgan fingerprint density at radius 1 is 1.28 bits per heavy atom. The highest BCUT2D eigenvalue weighted by Gasteiger charge is 2.43. The van der Waals surface area contributed by atoms with E-state index in [9.17, 15) is 4.79 Å². The topological polar surface area (TPSA) is 29.5 Å². The fourth-order valence-corrected chi connectivity index (χ4v) is 3.24. The fourth-order valence-electron chi connectivity index (χ4n) is 3.24. The molecule has 3 rings (SSSR count). The molecule has 0 N–H and O–H groups in total. The monoisotopic (exact) mass is 245 g/mol. The van der Waals surface area contributed by atoms with Crippen molar-refractivity contribution >= 4 is 5.97 Å². The summed E-state index contributed by atoms with van der Waals surface area (Å²) < 4.78 is 5.40. The van der Waals surface area contributed by atoms with Crippen molar-refractivity contribution in [1.82, 2.24) is 4.90 Å². The Morgan fingerprint density at radius 2 is 2.06 bits per heavy atom. The van der Waals surface area contributed by atoms with Crippen LogP contribution in [0.4, 0.5) is 0 Å². The minimum Gasteiger partial charge on any atom is -0.462 e. The van der Waals surface area contributed by atoms with Gasteiger partial charge in [0.05, 0.1) is 6.04 Å². The number of morpholine rings is 1. The van der Waals surface area contributed by atoms with Gasteiger partial charge in [-0.15, -0.1) is 0 Å². The average molecular weight is 245 g/mol. The predicted octanol–water partition coefficient (Wildman–Crippen LogP) is 2.39. The number of benzene rings is 1. The molecule has 0 spiro atoms. The second-order valence-electron chi connectivity index (χ2n) is 5.36. The fraction of sp³-hybridized carbons (Fsp3) is 0.533. The van der Waals surface area contributed by atoms with E-state index in [2.05, 4.69) is 24.0 Å². The molecule has 2 aliphatic rings. The van der Waals surface area contributed by atoms with Gasteiger partial charge in [0.15, 0.2) is 0 Å². The van der Waals surface area contributed by atoms with Crippen LogP contribution in [0.3, 0.4) is 0 Å². The summed E-state index contributed by atoms with van der Waals surface area (Å²) in [5, 5.41) is 0. The molecule has 0 unspecified atom stereocenters. The first kappa shape index (κ1) is 11.7. The smallest absolute Gasteiger partial charge is 0.323 e. The van der Waals surface area contributed by atoms with Gasteiger partial charge in [-0.25, -0.2) is 0 Å². The largest absolute Gasteiger partial charge is 0.462 e. The summed E-state index contributed by atoms with van der Waals surface area (Å²) >= 11 is 0. The van der Waals surface area contributed by atoms with Crippen LogP contribution in [0.25, 0.3) is 0 Å². The van der Waals surface area contributed by atoms with Crippen LogP contribution in [0.5, 0.6) is 0 Å². The number of esters is 1. The van der Waals surface area contributed by atoms with Crippen LogP contribution in [0.2, 0.25) is 0 Å². The molecule has 0 aliphatic carbocycles. The van der Waals surface area contributed by atoms with Gasteiger partial charge in [0.25, 0.3) is 0 Å². The maximum absolute atomic E-state index is 12.0. The van der Waals surface area contributed by atoms with E-state index in [4.69, 9.17) is 4.74 Å². The van der Waals surface area contributed by atoms with Gasteiger partial charge in [-0.05, 0) is 30.9 Å². The molecule has 1 aromatic rings. The molecule has 18 heavy (non-hydrogen) atoms. The van der Waals surface area contributed by atoms with E-state index in [1.165, 1.54) is 12.0 Å². The Hall–Kier alpha value is -1.35. The first-order valence-corrected chi connectivity index (χ1v) is 6.74. The van der Waals surface area contributed by atoms with E-state index in [-0.39, 0.29) is 18.1 Å². The third kappa shape index (κ3) is 1.93. The van der Waals surface area contributed by atoms with Crippen molar-refractivity contribution in [1.29, 1.82) is 0 Å².